The van der Waals surface area contributed by atoms with E-state index in [2.05, 4.69) is 0 Å². The van der Waals surface area contributed by atoms with E-state index in [1.807, 2.05) is 0 Å². The Morgan fingerprint density at radius 3 is 2.00 bits per heavy atom. The number of aliphatic hydroxyl groups is 1. The molecule has 6 heteroatoms. The molecule has 1 N–H and O–H groups in total. The molecule has 2 rings (SSSR count). The van der Waals surface area contributed by atoms with Crippen molar-refractivity contribution in [2.24, 2.45) is 0 Å². The van der Waals surface area contributed by atoms with Crippen molar-refractivity contribution in [3.8, 4) is 0 Å². The summed E-state index contributed by atoms with van der Waals surface area (Å²) in [6.45, 7) is 0. The molecule has 2 aromatic rings. The van der Waals surface area contributed by atoms with Crippen LogP contribution in [0.5, 0.6) is 0 Å². The topological polar surface area (TPSA) is 20.2 Å². The van der Waals surface area contributed by atoms with Gasteiger partial charge in [0, 0.05) is 22.7 Å². The van der Waals surface area contributed by atoms with E-state index in [0.29, 0.717) is 12.1 Å². The van der Waals surface area contributed by atoms with Crippen LogP contribution in [0.3, 0.4) is 0 Å². The maximum atomic E-state index is 13.5. The Kier molecular flexibility index (Phi) is 3.78. The van der Waals surface area contributed by atoms with Crippen molar-refractivity contribution in [2.75, 3.05) is 0 Å². The second kappa shape index (κ2) is 5.19. The zero-order valence-corrected chi connectivity index (χ0v) is 10.1. The van der Waals surface area contributed by atoms with Crippen molar-refractivity contribution in [3.63, 3.8) is 0 Å². The number of hydrogen-bond donors (Lipinski definition) is 1. The average molecular weight is 291 g/mol. The molecular weight excluding hydrogens is 284 g/mol. The fourth-order valence-corrected chi connectivity index (χ4v) is 1.96. The van der Waals surface area contributed by atoms with E-state index in [1.165, 1.54) is 0 Å². The first kappa shape index (κ1) is 13.8. The van der Waals surface area contributed by atoms with Gasteiger partial charge in [-0.1, -0.05) is 17.7 Å². The van der Waals surface area contributed by atoms with Crippen molar-refractivity contribution in [1.29, 1.82) is 0 Å². The molecule has 0 fully saturated rings. The second-order valence-corrected chi connectivity index (χ2v) is 4.26. The number of benzene rings is 2. The molecule has 2 aromatic carbocycles. The molecule has 0 aliphatic rings. The molecule has 0 aliphatic heterocycles. The highest BCUT2D eigenvalue weighted by Crippen LogP contribution is 2.32. The molecule has 0 spiro atoms. The molecule has 0 saturated heterocycles. The summed E-state index contributed by atoms with van der Waals surface area (Å²) in [5.74, 6) is -4.24. The lowest BCUT2D eigenvalue weighted by atomic mass is 10.00. The van der Waals surface area contributed by atoms with Gasteiger partial charge in [0.25, 0.3) is 0 Å². The normalized spacial score (nSPS) is 12.5. The van der Waals surface area contributed by atoms with E-state index in [0.717, 1.165) is 18.2 Å². The molecule has 100 valence electrons. The summed E-state index contributed by atoms with van der Waals surface area (Å²) in [6.07, 6.45) is -1.76. The highest BCUT2D eigenvalue weighted by atomic mass is 35.5. The van der Waals surface area contributed by atoms with E-state index in [9.17, 15) is 22.7 Å². The molecule has 0 radical (unpaired) electrons. The monoisotopic (exact) mass is 290 g/mol. The van der Waals surface area contributed by atoms with Crippen LogP contribution in [-0.2, 0) is 0 Å². The Morgan fingerprint density at radius 1 is 0.895 bits per heavy atom. The van der Waals surface area contributed by atoms with Crippen molar-refractivity contribution >= 4 is 11.6 Å². The van der Waals surface area contributed by atoms with E-state index in [1.54, 1.807) is 0 Å². The summed E-state index contributed by atoms with van der Waals surface area (Å²) in [5, 5.41) is 9.72. The second-order valence-electron chi connectivity index (χ2n) is 3.85. The lowest BCUT2D eigenvalue weighted by Gasteiger charge is -2.15. The minimum atomic E-state index is -1.76. The maximum Gasteiger partial charge on any atom is 0.135 e. The van der Waals surface area contributed by atoms with E-state index < -0.39 is 34.9 Å². The summed E-state index contributed by atoms with van der Waals surface area (Å²) >= 11 is 5.69. The molecule has 1 nitrogen and oxygen atoms in total. The maximum absolute atomic E-state index is 13.5. The highest BCUT2D eigenvalue weighted by molar-refractivity contribution is 6.31. The van der Waals surface area contributed by atoms with Gasteiger partial charge in [0.1, 0.15) is 29.4 Å². The molecular formula is C13H7ClF4O. The predicted octanol–water partition coefficient (Wildman–Crippen LogP) is 3.98. The van der Waals surface area contributed by atoms with Gasteiger partial charge >= 0.3 is 0 Å². The van der Waals surface area contributed by atoms with Crippen molar-refractivity contribution in [3.05, 3.63) is 69.8 Å². The van der Waals surface area contributed by atoms with Gasteiger partial charge in [0.2, 0.25) is 0 Å². The fraction of sp³-hybridized carbons (Fsp3) is 0.0769. The molecule has 1 atom stereocenters. The highest BCUT2D eigenvalue weighted by Gasteiger charge is 2.23. The lowest BCUT2D eigenvalue weighted by molar-refractivity contribution is 0.208. The van der Waals surface area contributed by atoms with Gasteiger partial charge in [-0.3, -0.25) is 0 Å². The van der Waals surface area contributed by atoms with Crippen molar-refractivity contribution in [2.45, 2.75) is 6.10 Å². The number of rotatable bonds is 2. The number of halogens is 5. The van der Waals surface area contributed by atoms with Crippen LogP contribution in [0, 0.1) is 23.3 Å². The van der Waals surface area contributed by atoms with Crippen LogP contribution in [0.25, 0.3) is 0 Å². The molecule has 19 heavy (non-hydrogen) atoms. The van der Waals surface area contributed by atoms with Crippen molar-refractivity contribution < 1.29 is 22.7 Å². The molecule has 1 unspecified atom stereocenters. The molecule has 0 aromatic heterocycles. The van der Waals surface area contributed by atoms with Crippen LogP contribution in [-0.4, -0.2) is 5.11 Å². The first-order chi connectivity index (χ1) is 8.90. The van der Waals surface area contributed by atoms with E-state index >= 15 is 0 Å². The quantitative estimate of drug-likeness (QED) is 0.830. The summed E-state index contributed by atoms with van der Waals surface area (Å²) in [7, 11) is 0. The van der Waals surface area contributed by atoms with Gasteiger partial charge < -0.3 is 5.11 Å². The Bertz CT molecular complexity index is 607. The summed E-state index contributed by atoms with van der Waals surface area (Å²) < 4.78 is 52.6. The van der Waals surface area contributed by atoms with Crippen LogP contribution in [0.4, 0.5) is 17.6 Å². The third-order valence-electron chi connectivity index (χ3n) is 2.57. The minimum absolute atomic E-state index is 0.0764. The SMILES string of the molecule is OC(c1ccc(F)cc1Cl)c1c(F)cc(F)cc1F. The minimum Gasteiger partial charge on any atom is -0.383 e. The van der Waals surface area contributed by atoms with Gasteiger partial charge in [0.05, 0.1) is 5.56 Å². The molecule has 0 aliphatic carbocycles. The largest absolute Gasteiger partial charge is 0.383 e. The van der Waals surface area contributed by atoms with E-state index in [-0.39, 0.29) is 10.6 Å². The van der Waals surface area contributed by atoms with Gasteiger partial charge in [-0.05, 0) is 12.1 Å². The van der Waals surface area contributed by atoms with Crippen LogP contribution in [0.2, 0.25) is 5.02 Å². The average Bonchev–Trinajstić information content (AvgIpc) is 2.26. The van der Waals surface area contributed by atoms with Crippen LogP contribution < -0.4 is 0 Å². The molecule has 0 bridgehead atoms. The van der Waals surface area contributed by atoms with Gasteiger partial charge in [-0.2, -0.15) is 0 Å². The molecule has 0 amide bonds. The lowest BCUT2D eigenvalue weighted by Crippen LogP contribution is -2.07. The Morgan fingerprint density at radius 2 is 1.47 bits per heavy atom. The molecule has 0 saturated carbocycles. The molecule has 0 heterocycles. The zero-order valence-electron chi connectivity index (χ0n) is 9.30. The zero-order chi connectivity index (χ0) is 14.2. The van der Waals surface area contributed by atoms with Crippen LogP contribution >= 0.6 is 11.6 Å². The number of hydrogen-bond acceptors (Lipinski definition) is 1. The van der Waals surface area contributed by atoms with Gasteiger partial charge in [-0.15, -0.1) is 0 Å². The van der Waals surface area contributed by atoms with Crippen molar-refractivity contribution in [1.82, 2.24) is 0 Å². The Balaban J connectivity index is 2.53. The third-order valence-corrected chi connectivity index (χ3v) is 2.90. The van der Waals surface area contributed by atoms with Gasteiger partial charge in [-0.25, -0.2) is 17.6 Å². The number of aliphatic hydroxyl groups excluding tert-OH is 1. The third kappa shape index (κ3) is 2.72. The fourth-order valence-electron chi connectivity index (χ4n) is 1.69. The van der Waals surface area contributed by atoms with Gasteiger partial charge in [0.15, 0.2) is 0 Å². The Hall–Kier alpha value is -1.59. The summed E-state index contributed by atoms with van der Waals surface area (Å²) in [6, 6.07) is 3.88. The first-order valence-corrected chi connectivity index (χ1v) is 5.55. The summed E-state index contributed by atoms with van der Waals surface area (Å²) in [5.41, 5.74) is -0.817. The predicted molar refractivity (Wildman–Crippen MR) is 61.8 cm³/mol. The smallest absolute Gasteiger partial charge is 0.135 e. The van der Waals surface area contributed by atoms with E-state index in [4.69, 9.17) is 11.6 Å². The van der Waals surface area contributed by atoms with Crippen LogP contribution in [0.15, 0.2) is 30.3 Å². The standard InChI is InChI=1S/C13H7ClF4O/c14-9-3-6(15)1-2-8(9)13(19)12-10(17)4-7(16)5-11(12)18/h1-5,13,19H. The first-order valence-electron chi connectivity index (χ1n) is 5.17. The Labute approximate surface area is 111 Å². The summed E-state index contributed by atoms with van der Waals surface area (Å²) in [4.78, 5) is 0. The van der Waals surface area contributed by atoms with Crippen LogP contribution in [0.1, 0.15) is 17.2 Å².